The summed E-state index contributed by atoms with van der Waals surface area (Å²) in [6, 6.07) is 19.0. The van der Waals surface area contributed by atoms with E-state index in [1.807, 2.05) is 48.5 Å². The Morgan fingerprint density at radius 2 is 1.74 bits per heavy atom. The number of hydrogen-bond donors (Lipinski definition) is 1. The van der Waals surface area contributed by atoms with Crippen molar-refractivity contribution in [3.8, 4) is 11.5 Å². The maximum absolute atomic E-state index is 12.4. The summed E-state index contributed by atoms with van der Waals surface area (Å²) in [5, 5.41) is 2.95. The number of aryl methyl sites for hydroxylation is 1. The number of methoxy groups -OCH3 is 1. The second-order valence-corrected chi connectivity index (χ2v) is 6.94. The third kappa shape index (κ3) is 4.83. The van der Waals surface area contributed by atoms with Gasteiger partial charge in [0.2, 0.25) is 0 Å². The Labute approximate surface area is 180 Å². The van der Waals surface area contributed by atoms with E-state index in [9.17, 15) is 4.79 Å². The third-order valence-electron chi connectivity index (χ3n) is 4.94. The molecule has 0 aliphatic carbocycles. The summed E-state index contributed by atoms with van der Waals surface area (Å²) in [6.07, 6.45) is 3.99. The van der Waals surface area contributed by atoms with Crippen molar-refractivity contribution in [2.75, 3.05) is 13.7 Å². The molecular formula is C24H24N4O3. The Hall–Kier alpha value is -3.87. The van der Waals surface area contributed by atoms with Crippen LogP contribution in [0.15, 0.2) is 73.1 Å². The van der Waals surface area contributed by atoms with Crippen LogP contribution in [0.5, 0.6) is 11.5 Å². The molecular weight excluding hydrogens is 392 g/mol. The summed E-state index contributed by atoms with van der Waals surface area (Å²) < 4.78 is 13.4. The van der Waals surface area contributed by atoms with Gasteiger partial charge in [-0.15, -0.1) is 0 Å². The van der Waals surface area contributed by atoms with Gasteiger partial charge in [0.25, 0.3) is 5.91 Å². The van der Waals surface area contributed by atoms with Crippen LogP contribution in [0, 0.1) is 0 Å². The molecule has 0 spiro atoms. The molecule has 7 nitrogen and oxygen atoms in total. The smallest absolute Gasteiger partial charge is 0.251 e. The Balaban J connectivity index is 1.43. The molecule has 0 saturated carbocycles. The molecule has 1 N–H and O–H groups in total. The van der Waals surface area contributed by atoms with E-state index in [0.717, 1.165) is 41.3 Å². The lowest BCUT2D eigenvalue weighted by molar-refractivity contribution is 0.0949. The van der Waals surface area contributed by atoms with Gasteiger partial charge < -0.3 is 19.4 Å². The zero-order chi connectivity index (χ0) is 21.5. The molecule has 2 heterocycles. The zero-order valence-electron chi connectivity index (χ0n) is 17.3. The number of carbonyl (C=O) groups is 1. The summed E-state index contributed by atoms with van der Waals surface area (Å²) in [5.41, 5.74) is 2.51. The van der Waals surface area contributed by atoms with Crippen LogP contribution >= 0.6 is 0 Å². The minimum atomic E-state index is -0.152. The highest BCUT2D eigenvalue weighted by atomic mass is 16.5. The number of nitrogens with zero attached hydrogens (tertiary/aromatic N) is 3. The molecule has 0 fully saturated rings. The molecule has 0 unspecified atom stereocenters. The number of carbonyl (C=O) groups excluding carboxylic acids is 1. The number of ether oxygens (including phenoxy) is 2. The minimum absolute atomic E-state index is 0.152. The average Bonchev–Trinajstić information content (AvgIpc) is 3.18. The second kappa shape index (κ2) is 9.75. The van der Waals surface area contributed by atoms with Crippen molar-refractivity contribution in [1.82, 2.24) is 19.9 Å². The van der Waals surface area contributed by atoms with Gasteiger partial charge in [-0.2, -0.15) is 0 Å². The predicted molar refractivity (Wildman–Crippen MR) is 118 cm³/mol. The first-order valence-corrected chi connectivity index (χ1v) is 10.1. The highest BCUT2D eigenvalue weighted by Crippen LogP contribution is 2.26. The van der Waals surface area contributed by atoms with E-state index in [2.05, 4.69) is 14.9 Å². The minimum Gasteiger partial charge on any atom is -0.493 e. The molecule has 4 rings (SSSR count). The molecule has 0 saturated heterocycles. The van der Waals surface area contributed by atoms with Crippen LogP contribution in [-0.4, -0.2) is 34.2 Å². The second-order valence-electron chi connectivity index (χ2n) is 6.94. The lowest BCUT2D eigenvalue weighted by atomic mass is 10.2. The van der Waals surface area contributed by atoms with E-state index in [1.54, 1.807) is 31.6 Å². The van der Waals surface area contributed by atoms with Crippen LogP contribution in [-0.2, 0) is 13.1 Å². The molecule has 0 aliphatic rings. The van der Waals surface area contributed by atoms with E-state index in [-0.39, 0.29) is 5.91 Å². The van der Waals surface area contributed by atoms with Crippen molar-refractivity contribution in [2.24, 2.45) is 0 Å². The first-order chi connectivity index (χ1) is 15.3. The fraction of sp³-hybridized carbons (Fsp3) is 0.208. The first kappa shape index (κ1) is 20.4. The van der Waals surface area contributed by atoms with Crippen LogP contribution in [0.1, 0.15) is 22.6 Å². The number of amides is 1. The standard InChI is InChI=1S/C24H24N4O3/c1-30-21-9-4-5-10-22(21)31-16-6-15-28-20-8-3-2-7-19(20)27-23(28)17-26-24(29)18-11-13-25-14-12-18/h2-5,7-14H,6,15-17H2,1H3,(H,26,29). The zero-order valence-corrected chi connectivity index (χ0v) is 17.3. The number of rotatable bonds is 9. The number of pyridine rings is 1. The fourth-order valence-electron chi connectivity index (χ4n) is 3.42. The molecule has 2 aromatic carbocycles. The van der Waals surface area contributed by atoms with E-state index >= 15 is 0 Å². The van der Waals surface area contributed by atoms with Crippen LogP contribution < -0.4 is 14.8 Å². The molecule has 7 heteroatoms. The number of fused-ring (bicyclic) bond motifs is 1. The monoisotopic (exact) mass is 416 g/mol. The summed E-state index contributed by atoms with van der Waals surface area (Å²) in [5.74, 6) is 2.10. The van der Waals surface area contributed by atoms with Gasteiger partial charge in [0.15, 0.2) is 11.5 Å². The van der Waals surface area contributed by atoms with E-state index in [4.69, 9.17) is 14.5 Å². The molecule has 0 bridgehead atoms. The van der Waals surface area contributed by atoms with Crippen LogP contribution in [0.2, 0.25) is 0 Å². The van der Waals surface area contributed by atoms with E-state index in [0.29, 0.717) is 18.7 Å². The maximum Gasteiger partial charge on any atom is 0.251 e. The lowest BCUT2D eigenvalue weighted by Gasteiger charge is -2.12. The fourth-order valence-corrected chi connectivity index (χ4v) is 3.42. The highest BCUT2D eigenvalue weighted by molar-refractivity contribution is 5.93. The first-order valence-electron chi connectivity index (χ1n) is 10.1. The predicted octanol–water partition coefficient (Wildman–Crippen LogP) is 3.84. The molecule has 0 aliphatic heterocycles. The van der Waals surface area contributed by atoms with Gasteiger partial charge in [0.1, 0.15) is 5.82 Å². The van der Waals surface area contributed by atoms with Crippen molar-refractivity contribution < 1.29 is 14.3 Å². The number of nitrogens with one attached hydrogen (secondary N) is 1. The molecule has 31 heavy (non-hydrogen) atoms. The van der Waals surface area contributed by atoms with Gasteiger partial charge in [-0.1, -0.05) is 24.3 Å². The summed E-state index contributed by atoms with van der Waals surface area (Å²) in [6.45, 7) is 1.59. The van der Waals surface area contributed by atoms with Gasteiger partial charge in [0, 0.05) is 24.5 Å². The maximum atomic E-state index is 12.4. The number of aromatic nitrogens is 3. The van der Waals surface area contributed by atoms with Crippen molar-refractivity contribution in [3.63, 3.8) is 0 Å². The number of benzene rings is 2. The topological polar surface area (TPSA) is 78.3 Å². The van der Waals surface area contributed by atoms with Crippen LogP contribution in [0.3, 0.4) is 0 Å². The van der Waals surface area contributed by atoms with Gasteiger partial charge in [-0.3, -0.25) is 9.78 Å². The van der Waals surface area contributed by atoms with Crippen molar-refractivity contribution in [1.29, 1.82) is 0 Å². The normalized spacial score (nSPS) is 10.7. The quantitative estimate of drug-likeness (QED) is 0.420. The highest BCUT2D eigenvalue weighted by Gasteiger charge is 2.12. The molecule has 158 valence electrons. The van der Waals surface area contributed by atoms with Gasteiger partial charge >= 0.3 is 0 Å². The Bertz CT molecular complexity index is 1160. The largest absolute Gasteiger partial charge is 0.493 e. The summed E-state index contributed by atoms with van der Waals surface area (Å²) in [4.78, 5) is 21.1. The van der Waals surface area contributed by atoms with E-state index < -0.39 is 0 Å². The van der Waals surface area contributed by atoms with Crippen LogP contribution in [0.25, 0.3) is 11.0 Å². The van der Waals surface area contributed by atoms with Gasteiger partial charge in [-0.25, -0.2) is 4.98 Å². The molecule has 4 aromatic rings. The molecule has 1 amide bonds. The Kier molecular flexibility index (Phi) is 6.42. The Morgan fingerprint density at radius 3 is 2.55 bits per heavy atom. The van der Waals surface area contributed by atoms with E-state index in [1.165, 1.54) is 0 Å². The van der Waals surface area contributed by atoms with Crippen molar-refractivity contribution in [2.45, 2.75) is 19.5 Å². The molecule has 2 aromatic heterocycles. The molecule has 0 atom stereocenters. The van der Waals surface area contributed by atoms with Gasteiger partial charge in [-0.05, 0) is 42.8 Å². The SMILES string of the molecule is COc1ccccc1OCCCn1c(CNC(=O)c2ccncc2)nc2ccccc21. The number of para-hydroxylation sites is 4. The van der Waals surface area contributed by atoms with Crippen molar-refractivity contribution in [3.05, 3.63) is 84.4 Å². The molecule has 0 radical (unpaired) electrons. The number of imidazole rings is 1. The lowest BCUT2D eigenvalue weighted by Crippen LogP contribution is -2.25. The van der Waals surface area contributed by atoms with Gasteiger partial charge in [0.05, 0.1) is 31.3 Å². The third-order valence-corrected chi connectivity index (χ3v) is 4.94. The summed E-state index contributed by atoms with van der Waals surface area (Å²) >= 11 is 0. The average molecular weight is 416 g/mol. The number of hydrogen-bond acceptors (Lipinski definition) is 5. The summed E-state index contributed by atoms with van der Waals surface area (Å²) in [7, 11) is 1.63. The Morgan fingerprint density at radius 1 is 1.00 bits per heavy atom. The van der Waals surface area contributed by atoms with Crippen molar-refractivity contribution >= 4 is 16.9 Å². The van der Waals surface area contributed by atoms with Crippen LogP contribution in [0.4, 0.5) is 0 Å².